The molecule has 2 nitrogen and oxygen atoms in total. The van der Waals surface area contributed by atoms with Gasteiger partial charge >= 0.3 is 0 Å². The van der Waals surface area contributed by atoms with Crippen molar-refractivity contribution in [1.29, 1.82) is 0 Å². The number of pyridine rings is 1. The monoisotopic (exact) mass is 307 g/mol. The molecule has 0 N–H and O–H groups in total. The number of para-hydroxylation sites is 1. The van der Waals surface area contributed by atoms with Crippen molar-refractivity contribution in [2.75, 3.05) is 0 Å². The molecule has 0 bridgehead atoms. The van der Waals surface area contributed by atoms with E-state index in [0.717, 1.165) is 0 Å². The molecule has 5 heteroatoms. The quantitative estimate of drug-likeness (QED) is 0.585. The first kappa shape index (κ1) is 13.2. The maximum atomic E-state index is 13.8. The second-order valence-corrected chi connectivity index (χ2v) is 4.88. The molecule has 0 saturated heterocycles. The van der Waals surface area contributed by atoms with Gasteiger partial charge in [0.25, 0.3) is 0 Å². The number of rotatable bonds is 2. The average molecular weight is 308 g/mol. The van der Waals surface area contributed by atoms with Crippen LogP contribution in [0.15, 0.2) is 48.5 Å². The summed E-state index contributed by atoms with van der Waals surface area (Å²) in [6.45, 7) is 0. The summed E-state index contributed by atoms with van der Waals surface area (Å²) in [6, 6.07) is 14.0. The van der Waals surface area contributed by atoms with Gasteiger partial charge in [-0.05, 0) is 24.3 Å². The van der Waals surface area contributed by atoms with Crippen LogP contribution in [-0.2, 0) is 0 Å². The van der Waals surface area contributed by atoms with Gasteiger partial charge < -0.3 is 4.74 Å². The lowest BCUT2D eigenvalue weighted by Crippen LogP contribution is -1.94. The SMILES string of the molecule is Fc1nc2cccc(Cl)c2c(Oc2ccccc2)c1Cl. The normalized spacial score (nSPS) is 10.8. The first-order valence-electron chi connectivity index (χ1n) is 5.83. The fraction of sp³-hybridized carbons (Fsp3) is 0. The lowest BCUT2D eigenvalue weighted by molar-refractivity contribution is 0.479. The van der Waals surface area contributed by atoms with E-state index in [9.17, 15) is 4.39 Å². The molecule has 20 heavy (non-hydrogen) atoms. The van der Waals surface area contributed by atoms with E-state index in [1.165, 1.54) is 0 Å². The molecular weight excluding hydrogens is 300 g/mol. The van der Waals surface area contributed by atoms with Crippen LogP contribution in [0.3, 0.4) is 0 Å². The number of fused-ring (bicyclic) bond motifs is 1. The summed E-state index contributed by atoms with van der Waals surface area (Å²) in [7, 11) is 0. The highest BCUT2D eigenvalue weighted by Gasteiger charge is 2.17. The molecule has 0 spiro atoms. The molecule has 0 unspecified atom stereocenters. The third-order valence-electron chi connectivity index (χ3n) is 2.78. The molecule has 3 aromatic rings. The molecule has 0 aliphatic heterocycles. The van der Waals surface area contributed by atoms with Gasteiger partial charge in [-0.25, -0.2) is 4.98 Å². The van der Waals surface area contributed by atoms with Crippen LogP contribution in [0.5, 0.6) is 11.5 Å². The fourth-order valence-electron chi connectivity index (χ4n) is 1.89. The summed E-state index contributed by atoms with van der Waals surface area (Å²) in [4.78, 5) is 3.78. The van der Waals surface area contributed by atoms with E-state index in [1.54, 1.807) is 30.3 Å². The molecular formula is C15H8Cl2FNO. The number of ether oxygens (including phenoxy) is 1. The highest BCUT2D eigenvalue weighted by Crippen LogP contribution is 2.40. The van der Waals surface area contributed by atoms with Gasteiger partial charge in [0, 0.05) is 0 Å². The number of hydrogen-bond donors (Lipinski definition) is 0. The van der Waals surface area contributed by atoms with Crippen molar-refractivity contribution in [2.24, 2.45) is 0 Å². The van der Waals surface area contributed by atoms with Gasteiger partial charge in [0.2, 0.25) is 5.95 Å². The largest absolute Gasteiger partial charge is 0.455 e. The van der Waals surface area contributed by atoms with Crippen molar-refractivity contribution >= 4 is 34.1 Å². The molecule has 1 aromatic heterocycles. The van der Waals surface area contributed by atoms with Crippen LogP contribution >= 0.6 is 23.2 Å². The van der Waals surface area contributed by atoms with E-state index in [-0.39, 0.29) is 10.8 Å². The Bertz CT molecular complexity index is 778. The predicted molar refractivity (Wildman–Crippen MR) is 78.2 cm³/mol. The molecule has 0 amide bonds. The average Bonchev–Trinajstić information content (AvgIpc) is 2.45. The first-order chi connectivity index (χ1) is 9.66. The molecule has 3 rings (SSSR count). The minimum absolute atomic E-state index is 0.172. The van der Waals surface area contributed by atoms with Crippen molar-refractivity contribution in [3.63, 3.8) is 0 Å². The van der Waals surface area contributed by atoms with Crippen LogP contribution in [0.2, 0.25) is 10.0 Å². The summed E-state index contributed by atoms with van der Waals surface area (Å²) >= 11 is 12.1. The summed E-state index contributed by atoms with van der Waals surface area (Å²) < 4.78 is 19.5. The summed E-state index contributed by atoms with van der Waals surface area (Å²) in [5.41, 5.74) is 0.394. The minimum Gasteiger partial charge on any atom is -0.455 e. The fourth-order valence-corrected chi connectivity index (χ4v) is 2.32. The van der Waals surface area contributed by atoms with Gasteiger partial charge in [0.05, 0.1) is 15.9 Å². The Balaban J connectivity index is 2.25. The van der Waals surface area contributed by atoms with Crippen LogP contribution in [0.4, 0.5) is 4.39 Å². The van der Waals surface area contributed by atoms with E-state index in [4.69, 9.17) is 27.9 Å². The number of hydrogen-bond acceptors (Lipinski definition) is 2. The summed E-state index contributed by atoms with van der Waals surface area (Å²) in [5.74, 6) is -0.0699. The van der Waals surface area contributed by atoms with Crippen LogP contribution in [-0.4, -0.2) is 4.98 Å². The van der Waals surface area contributed by atoms with E-state index >= 15 is 0 Å². The third kappa shape index (κ3) is 2.30. The standard InChI is InChI=1S/C15H8Cl2FNO/c16-10-7-4-8-11-12(10)14(13(17)15(18)19-11)20-9-5-2-1-3-6-9/h1-8H. The van der Waals surface area contributed by atoms with Gasteiger partial charge in [-0.15, -0.1) is 0 Å². The smallest absolute Gasteiger partial charge is 0.236 e. The Labute approximate surface area is 124 Å². The molecule has 2 aromatic carbocycles. The number of nitrogens with zero attached hydrogens (tertiary/aromatic N) is 1. The third-order valence-corrected chi connectivity index (χ3v) is 3.42. The Kier molecular flexibility index (Phi) is 3.47. The van der Waals surface area contributed by atoms with Crippen molar-refractivity contribution in [3.05, 3.63) is 64.5 Å². The van der Waals surface area contributed by atoms with Crippen LogP contribution in [0.1, 0.15) is 0 Å². The van der Waals surface area contributed by atoms with Gasteiger partial charge in [-0.2, -0.15) is 4.39 Å². The zero-order valence-electron chi connectivity index (χ0n) is 10.1. The minimum atomic E-state index is -0.785. The van der Waals surface area contributed by atoms with E-state index in [2.05, 4.69) is 4.98 Å². The highest BCUT2D eigenvalue weighted by atomic mass is 35.5. The Hall–Kier alpha value is -1.84. The maximum absolute atomic E-state index is 13.8. The van der Waals surface area contributed by atoms with Gasteiger partial charge in [-0.1, -0.05) is 47.5 Å². The molecule has 0 aliphatic rings. The van der Waals surface area contributed by atoms with E-state index in [0.29, 0.717) is 21.7 Å². The van der Waals surface area contributed by atoms with Crippen molar-refractivity contribution in [2.45, 2.75) is 0 Å². The van der Waals surface area contributed by atoms with Crippen molar-refractivity contribution in [3.8, 4) is 11.5 Å². The zero-order valence-corrected chi connectivity index (χ0v) is 11.6. The van der Waals surface area contributed by atoms with E-state index in [1.807, 2.05) is 18.2 Å². The number of benzene rings is 2. The molecule has 0 atom stereocenters. The van der Waals surface area contributed by atoms with Gasteiger partial charge in [-0.3, -0.25) is 0 Å². The van der Waals surface area contributed by atoms with E-state index < -0.39 is 5.95 Å². The maximum Gasteiger partial charge on any atom is 0.236 e. The Morgan fingerprint density at radius 3 is 2.45 bits per heavy atom. The van der Waals surface area contributed by atoms with Crippen LogP contribution < -0.4 is 4.74 Å². The van der Waals surface area contributed by atoms with Crippen LogP contribution in [0.25, 0.3) is 10.9 Å². The van der Waals surface area contributed by atoms with Gasteiger partial charge in [0.1, 0.15) is 10.8 Å². The van der Waals surface area contributed by atoms with Gasteiger partial charge in [0.15, 0.2) is 5.75 Å². The Morgan fingerprint density at radius 2 is 1.70 bits per heavy atom. The topological polar surface area (TPSA) is 22.1 Å². The second-order valence-electron chi connectivity index (χ2n) is 4.09. The molecule has 0 aliphatic carbocycles. The second kappa shape index (κ2) is 5.27. The molecule has 0 saturated carbocycles. The first-order valence-corrected chi connectivity index (χ1v) is 6.58. The van der Waals surface area contributed by atoms with Crippen molar-refractivity contribution in [1.82, 2.24) is 4.98 Å². The molecule has 1 heterocycles. The zero-order chi connectivity index (χ0) is 14.1. The Morgan fingerprint density at radius 1 is 0.950 bits per heavy atom. The number of aromatic nitrogens is 1. The highest BCUT2D eigenvalue weighted by molar-refractivity contribution is 6.38. The molecule has 100 valence electrons. The predicted octanol–water partition coefficient (Wildman–Crippen LogP) is 5.47. The lowest BCUT2D eigenvalue weighted by atomic mass is 10.2. The van der Waals surface area contributed by atoms with Crippen molar-refractivity contribution < 1.29 is 9.13 Å². The molecule has 0 fully saturated rings. The number of halogens is 3. The summed E-state index contributed by atoms with van der Waals surface area (Å²) in [6.07, 6.45) is 0. The summed E-state index contributed by atoms with van der Waals surface area (Å²) in [5, 5.41) is 0.710. The van der Waals surface area contributed by atoms with Crippen LogP contribution in [0, 0.1) is 5.95 Å². The lowest BCUT2D eigenvalue weighted by Gasteiger charge is -2.12. The molecule has 0 radical (unpaired) electrons.